The van der Waals surface area contributed by atoms with Crippen LogP contribution in [0.2, 0.25) is 0 Å². The quantitative estimate of drug-likeness (QED) is 0.190. The van der Waals surface area contributed by atoms with Crippen LogP contribution in [0.5, 0.6) is 0 Å². The minimum Gasteiger partial charge on any atom is -0.475 e. The highest BCUT2D eigenvalue weighted by atomic mass is 16.4. The molecule has 4 aromatic carbocycles. The van der Waals surface area contributed by atoms with Crippen molar-refractivity contribution in [1.82, 2.24) is 24.6 Å². The number of rotatable bonds is 6. The van der Waals surface area contributed by atoms with Crippen LogP contribution in [-0.2, 0) is 10.3 Å². The fourth-order valence-electron chi connectivity index (χ4n) is 5.95. The average molecular weight is 564 g/mol. The summed E-state index contributed by atoms with van der Waals surface area (Å²) in [6.07, 6.45) is 5.40. The van der Waals surface area contributed by atoms with E-state index in [1.807, 2.05) is 89.6 Å². The molecule has 3 heterocycles. The first kappa shape index (κ1) is 26.0. The van der Waals surface area contributed by atoms with E-state index in [0.29, 0.717) is 22.4 Å². The van der Waals surface area contributed by atoms with Gasteiger partial charge in [-0.3, -0.25) is 0 Å². The minimum absolute atomic E-state index is 0.138. The number of fused-ring (bicyclic) bond motifs is 2. The highest BCUT2D eigenvalue weighted by Crippen LogP contribution is 2.44. The number of aromatic nitrogens is 4. The van der Waals surface area contributed by atoms with E-state index in [1.165, 1.54) is 0 Å². The molecule has 0 fully saturated rings. The number of allylic oxidation sites excluding steroid dienone is 3. The molecule has 0 saturated heterocycles. The van der Waals surface area contributed by atoms with E-state index in [1.54, 1.807) is 18.0 Å². The number of nitrogens with zero attached hydrogens (tertiary/aromatic N) is 4. The smallest absolute Gasteiger partial charge is 0.371 e. The number of aromatic carboxylic acids is 1. The zero-order valence-corrected chi connectivity index (χ0v) is 23.1. The zero-order chi connectivity index (χ0) is 29.6. The van der Waals surface area contributed by atoms with Gasteiger partial charge in [0, 0.05) is 24.2 Å². The Morgan fingerprint density at radius 1 is 0.860 bits per heavy atom. The van der Waals surface area contributed by atoms with Crippen LogP contribution in [-0.4, -0.2) is 48.7 Å². The lowest BCUT2D eigenvalue weighted by molar-refractivity contribution is 0.0685. The number of imidazole rings is 1. The van der Waals surface area contributed by atoms with Gasteiger partial charge in [-0.2, -0.15) is 5.10 Å². The van der Waals surface area contributed by atoms with Crippen molar-refractivity contribution < 1.29 is 14.7 Å². The molecule has 0 bridgehead atoms. The molecule has 1 aliphatic rings. The van der Waals surface area contributed by atoms with Crippen molar-refractivity contribution in [1.29, 1.82) is 0 Å². The number of hydrogen-bond acceptors (Lipinski definition) is 5. The topological polar surface area (TPSA) is 104 Å². The summed E-state index contributed by atoms with van der Waals surface area (Å²) in [5, 5.41) is 15.8. The molecule has 0 saturated carbocycles. The van der Waals surface area contributed by atoms with Crippen LogP contribution in [0.1, 0.15) is 33.0 Å². The second-order valence-corrected chi connectivity index (χ2v) is 10.4. The van der Waals surface area contributed by atoms with Crippen LogP contribution in [0.3, 0.4) is 0 Å². The van der Waals surface area contributed by atoms with E-state index in [9.17, 15) is 14.7 Å². The van der Waals surface area contributed by atoms with E-state index in [0.717, 1.165) is 33.2 Å². The van der Waals surface area contributed by atoms with Crippen LogP contribution in [0, 0.1) is 0 Å². The average Bonchev–Trinajstić information content (AvgIpc) is 3.64. The molecule has 0 radical (unpaired) electrons. The molecule has 0 aliphatic carbocycles. The van der Waals surface area contributed by atoms with Crippen molar-refractivity contribution in [3.63, 3.8) is 0 Å². The van der Waals surface area contributed by atoms with Gasteiger partial charge in [-0.15, -0.1) is 0 Å². The Labute approximate surface area is 246 Å². The van der Waals surface area contributed by atoms with Crippen LogP contribution in [0.15, 0.2) is 127 Å². The maximum absolute atomic E-state index is 11.8. The summed E-state index contributed by atoms with van der Waals surface area (Å²) in [7, 11) is 1.79. The lowest BCUT2D eigenvalue weighted by atomic mass is 9.77. The first-order valence-corrected chi connectivity index (χ1v) is 13.7. The second kappa shape index (κ2) is 10.1. The fourth-order valence-corrected chi connectivity index (χ4v) is 5.95. The Balaban J connectivity index is 1.65. The summed E-state index contributed by atoms with van der Waals surface area (Å²) in [5.41, 5.74) is 5.78. The standard InChI is InChI=1S/C35H25N5O3/c1-39-21-23(17-18-27(39)22-41)32-28-19-29-30(37-33(36-29)34(42)43)20-31(28)40(38-32)35(24-11-5-2-6-12-24,25-13-7-3-8-14-25)26-15-9-4-10-16-26/h2-21H,1H3,(H,36,37)(H,42,43). The van der Waals surface area contributed by atoms with E-state index < -0.39 is 11.5 Å². The number of hydrogen-bond donors (Lipinski definition) is 2. The van der Waals surface area contributed by atoms with Gasteiger partial charge in [-0.05, 0) is 41.0 Å². The van der Waals surface area contributed by atoms with Gasteiger partial charge in [0.1, 0.15) is 16.9 Å². The summed E-state index contributed by atoms with van der Waals surface area (Å²) in [4.78, 5) is 32.3. The minimum atomic E-state index is -1.14. The third-order valence-corrected chi connectivity index (χ3v) is 7.89. The van der Waals surface area contributed by atoms with E-state index in [-0.39, 0.29) is 5.82 Å². The molecule has 2 N–H and O–H groups in total. The van der Waals surface area contributed by atoms with E-state index in [4.69, 9.17) is 5.10 Å². The Morgan fingerprint density at radius 2 is 1.44 bits per heavy atom. The van der Waals surface area contributed by atoms with Crippen molar-refractivity contribution in [2.24, 2.45) is 0 Å². The van der Waals surface area contributed by atoms with Crippen molar-refractivity contribution in [3.8, 4) is 0 Å². The monoisotopic (exact) mass is 563 g/mol. The van der Waals surface area contributed by atoms with Crippen molar-refractivity contribution in [3.05, 3.63) is 155 Å². The summed E-state index contributed by atoms with van der Waals surface area (Å²) in [6.45, 7) is 0. The summed E-state index contributed by atoms with van der Waals surface area (Å²) < 4.78 is 2.03. The largest absolute Gasteiger partial charge is 0.475 e. The Hall–Kier alpha value is -5.98. The molecular formula is C35H25N5O3. The highest BCUT2D eigenvalue weighted by molar-refractivity contribution is 6.02. The van der Waals surface area contributed by atoms with Gasteiger partial charge in [0.15, 0.2) is 5.94 Å². The van der Waals surface area contributed by atoms with Crippen LogP contribution >= 0.6 is 0 Å². The first-order chi connectivity index (χ1) is 21.0. The predicted molar refractivity (Wildman–Crippen MR) is 165 cm³/mol. The molecule has 208 valence electrons. The molecule has 0 unspecified atom stereocenters. The fraction of sp³-hybridized carbons (Fsp3) is 0.0571. The maximum Gasteiger partial charge on any atom is 0.371 e. The van der Waals surface area contributed by atoms with Crippen LogP contribution in [0.4, 0.5) is 0 Å². The van der Waals surface area contributed by atoms with Crippen molar-refractivity contribution in [2.45, 2.75) is 5.54 Å². The zero-order valence-electron chi connectivity index (χ0n) is 23.1. The molecule has 0 spiro atoms. The summed E-state index contributed by atoms with van der Waals surface area (Å²) >= 11 is 0. The van der Waals surface area contributed by atoms with Crippen molar-refractivity contribution in [2.75, 3.05) is 7.05 Å². The molecular weight excluding hydrogens is 538 g/mol. The third-order valence-electron chi connectivity index (χ3n) is 7.89. The van der Waals surface area contributed by atoms with Gasteiger partial charge >= 0.3 is 5.97 Å². The molecule has 2 aromatic heterocycles. The lowest BCUT2D eigenvalue weighted by Gasteiger charge is -2.37. The number of carbonyl (C=O) groups is 1. The van der Waals surface area contributed by atoms with Crippen LogP contribution < -0.4 is 0 Å². The van der Waals surface area contributed by atoms with E-state index >= 15 is 0 Å². The molecule has 1 aliphatic heterocycles. The van der Waals surface area contributed by atoms with E-state index in [2.05, 4.69) is 46.4 Å². The number of carboxylic acid groups (broad SMARTS) is 1. The highest BCUT2D eigenvalue weighted by Gasteiger charge is 2.41. The lowest BCUT2D eigenvalue weighted by Crippen LogP contribution is -2.38. The number of aromatic amines is 1. The van der Waals surface area contributed by atoms with Crippen LogP contribution in [0.25, 0.3) is 27.5 Å². The molecule has 8 heteroatoms. The molecule has 6 aromatic rings. The Bertz CT molecular complexity index is 2020. The molecule has 8 nitrogen and oxygen atoms in total. The van der Waals surface area contributed by atoms with Gasteiger partial charge in [-0.1, -0.05) is 91.0 Å². The molecule has 0 atom stereocenters. The maximum atomic E-state index is 11.8. The number of benzene rings is 4. The molecule has 0 amide bonds. The number of nitrogens with one attached hydrogen (secondary N) is 1. The molecule has 7 rings (SSSR count). The predicted octanol–water partition coefficient (Wildman–Crippen LogP) is 6.01. The SMILES string of the molecule is CN1C=C(c2nn(C(c3ccccc3)(c3ccccc3)c3ccccc3)c3cc4[nH]c(C(=O)O)nc4cc23)C=CC1=C=O. The number of H-pyrrole nitrogens is 1. The summed E-state index contributed by atoms with van der Waals surface area (Å²) in [6, 6.07) is 34.4. The van der Waals surface area contributed by atoms with Gasteiger partial charge in [-0.25, -0.2) is 19.3 Å². The van der Waals surface area contributed by atoms with Gasteiger partial charge in [0.25, 0.3) is 0 Å². The summed E-state index contributed by atoms with van der Waals surface area (Å²) in [5.74, 6) is 0.686. The second-order valence-electron chi connectivity index (χ2n) is 10.4. The van der Waals surface area contributed by atoms with Gasteiger partial charge in [0.2, 0.25) is 5.82 Å². The number of carboxylic acids is 1. The number of carbonyl (C=O) groups excluding carboxylic acids is 1. The van der Waals surface area contributed by atoms with Gasteiger partial charge in [0.05, 0.1) is 16.6 Å². The molecule has 43 heavy (non-hydrogen) atoms. The van der Waals surface area contributed by atoms with Crippen molar-refractivity contribution >= 4 is 39.4 Å². The Morgan fingerprint density at radius 3 is 1.95 bits per heavy atom. The third kappa shape index (κ3) is 4.09. The normalized spacial score (nSPS) is 13.4. The van der Waals surface area contributed by atoms with Gasteiger partial charge < -0.3 is 15.0 Å². The number of likely N-dealkylation sites (N-methyl/N-ethyl adjacent to an activating group) is 1. The Kier molecular flexibility index (Phi) is 6.12. The first-order valence-electron chi connectivity index (χ1n) is 13.7.